The Morgan fingerprint density at radius 1 is 1.32 bits per heavy atom. The summed E-state index contributed by atoms with van der Waals surface area (Å²) in [6, 6.07) is 5.97. The van der Waals surface area contributed by atoms with Crippen LogP contribution in [0.3, 0.4) is 0 Å². The number of hydrogen-bond acceptors (Lipinski definition) is 5. The Balaban J connectivity index is 1.75. The van der Waals surface area contributed by atoms with E-state index in [1.165, 1.54) is 10.5 Å². The molecule has 1 unspecified atom stereocenters. The maximum atomic E-state index is 12.5. The van der Waals surface area contributed by atoms with E-state index < -0.39 is 0 Å². The minimum atomic E-state index is -0.117. The molecule has 1 aromatic carbocycles. The first-order valence-corrected chi connectivity index (χ1v) is 9.62. The summed E-state index contributed by atoms with van der Waals surface area (Å²) in [6.07, 6.45) is 0.871. The molecule has 3 rings (SSSR count). The van der Waals surface area contributed by atoms with Crippen molar-refractivity contribution in [2.45, 2.75) is 26.4 Å². The van der Waals surface area contributed by atoms with Gasteiger partial charge in [-0.25, -0.2) is 0 Å². The molecule has 150 valence electrons. The Hall–Kier alpha value is -2.58. The van der Waals surface area contributed by atoms with Crippen LogP contribution >= 0.6 is 12.2 Å². The third kappa shape index (κ3) is 4.28. The average molecular weight is 404 g/mol. The van der Waals surface area contributed by atoms with E-state index in [0.29, 0.717) is 17.9 Å². The number of aromatic nitrogens is 2. The molecular formula is C20H27N4O3S+. The number of hydrogen-bond donors (Lipinski definition) is 3. The van der Waals surface area contributed by atoms with E-state index in [1.807, 2.05) is 29.7 Å². The molecule has 0 fully saturated rings. The molecule has 0 saturated carbocycles. The fourth-order valence-corrected chi connectivity index (χ4v) is 3.70. The van der Waals surface area contributed by atoms with Gasteiger partial charge in [-0.3, -0.25) is 9.78 Å². The molecule has 0 radical (unpaired) electrons. The predicted octanol–water partition coefficient (Wildman–Crippen LogP) is 1.51. The number of nitrogens with zero attached hydrogens (tertiary/aromatic N) is 1. The van der Waals surface area contributed by atoms with Gasteiger partial charge in [-0.2, -0.15) is 0 Å². The number of H-pyrrole nitrogens is 1. The lowest BCUT2D eigenvalue weighted by atomic mass is 10.1. The summed E-state index contributed by atoms with van der Waals surface area (Å²) in [7, 11) is 3.27. The lowest BCUT2D eigenvalue weighted by Crippen LogP contribution is -3.13. The van der Waals surface area contributed by atoms with Crippen LogP contribution in [0.5, 0.6) is 11.5 Å². The van der Waals surface area contributed by atoms with Crippen molar-refractivity contribution >= 4 is 18.0 Å². The first-order chi connectivity index (χ1) is 13.4. The van der Waals surface area contributed by atoms with E-state index in [4.69, 9.17) is 21.7 Å². The standard InChI is InChI=1S/C20H26N4O3S/c1-13(2)10-24-18-15(19(25)22-20(24)28)11-23(12-21-18)8-7-14-5-6-16(26-3)17(9-14)27-4/h5-6,9,21H,1,7-8,10-12H2,2-4H3,(H,22,25,28)/p+1. The second kappa shape index (κ2) is 8.62. The quantitative estimate of drug-likeness (QED) is 0.483. The number of aromatic amines is 1. The van der Waals surface area contributed by atoms with Crippen molar-refractivity contribution in [3.8, 4) is 11.5 Å². The Morgan fingerprint density at radius 2 is 2.07 bits per heavy atom. The van der Waals surface area contributed by atoms with E-state index in [-0.39, 0.29) is 5.56 Å². The summed E-state index contributed by atoms with van der Waals surface area (Å²) >= 11 is 5.33. The second-order valence-electron chi connectivity index (χ2n) is 7.10. The molecule has 1 aliphatic heterocycles. The van der Waals surface area contributed by atoms with Crippen LogP contribution in [0.4, 0.5) is 5.82 Å². The summed E-state index contributed by atoms with van der Waals surface area (Å²) in [5.74, 6) is 2.26. The molecule has 0 bridgehead atoms. The number of rotatable bonds is 7. The van der Waals surface area contributed by atoms with Crippen molar-refractivity contribution in [2.75, 3.05) is 32.7 Å². The topological polar surface area (TPSA) is 72.7 Å². The third-order valence-electron chi connectivity index (χ3n) is 4.87. The fourth-order valence-electron chi connectivity index (χ4n) is 3.45. The van der Waals surface area contributed by atoms with Gasteiger partial charge in [0.1, 0.15) is 17.9 Å². The minimum Gasteiger partial charge on any atom is -0.493 e. The molecule has 1 atom stereocenters. The van der Waals surface area contributed by atoms with Crippen molar-refractivity contribution in [1.82, 2.24) is 9.55 Å². The number of quaternary nitrogens is 1. The highest BCUT2D eigenvalue weighted by atomic mass is 32.1. The number of anilines is 1. The molecule has 2 heterocycles. The molecule has 0 saturated heterocycles. The molecule has 1 aliphatic rings. The zero-order valence-electron chi connectivity index (χ0n) is 16.6. The van der Waals surface area contributed by atoms with Crippen LogP contribution < -0.4 is 25.2 Å². The highest BCUT2D eigenvalue weighted by Gasteiger charge is 2.24. The summed E-state index contributed by atoms with van der Waals surface area (Å²) in [5.41, 5.74) is 2.77. The fraction of sp³-hybridized carbons (Fsp3) is 0.400. The lowest BCUT2D eigenvalue weighted by Gasteiger charge is -2.28. The Morgan fingerprint density at radius 3 is 2.75 bits per heavy atom. The molecule has 1 aromatic heterocycles. The maximum Gasteiger partial charge on any atom is 0.262 e. The van der Waals surface area contributed by atoms with Gasteiger partial charge >= 0.3 is 0 Å². The van der Waals surface area contributed by atoms with Gasteiger partial charge in [0.15, 0.2) is 22.9 Å². The molecule has 2 aromatic rings. The Labute approximate surface area is 169 Å². The van der Waals surface area contributed by atoms with E-state index in [2.05, 4.69) is 16.9 Å². The molecule has 0 spiro atoms. The van der Waals surface area contributed by atoms with Crippen molar-refractivity contribution in [3.63, 3.8) is 0 Å². The second-order valence-corrected chi connectivity index (χ2v) is 7.49. The van der Waals surface area contributed by atoms with Gasteiger partial charge in [0.05, 0.1) is 20.8 Å². The Kier molecular flexibility index (Phi) is 6.21. The van der Waals surface area contributed by atoms with Gasteiger partial charge in [-0.15, -0.1) is 0 Å². The van der Waals surface area contributed by atoms with Crippen LogP contribution in [0.25, 0.3) is 0 Å². The predicted molar refractivity (Wildman–Crippen MR) is 112 cm³/mol. The van der Waals surface area contributed by atoms with Crippen LogP contribution in [0.1, 0.15) is 18.1 Å². The largest absolute Gasteiger partial charge is 0.493 e. The number of nitrogens with one attached hydrogen (secondary N) is 3. The Bertz CT molecular complexity index is 996. The van der Waals surface area contributed by atoms with Gasteiger partial charge in [0.25, 0.3) is 5.56 Å². The first kappa shape index (κ1) is 20.2. The zero-order chi connectivity index (χ0) is 20.3. The van der Waals surface area contributed by atoms with Gasteiger partial charge in [0, 0.05) is 13.0 Å². The number of fused-ring (bicyclic) bond motifs is 1. The van der Waals surface area contributed by atoms with Gasteiger partial charge in [0.2, 0.25) is 0 Å². The average Bonchev–Trinajstić information content (AvgIpc) is 2.69. The van der Waals surface area contributed by atoms with E-state index >= 15 is 0 Å². The highest BCUT2D eigenvalue weighted by Crippen LogP contribution is 2.27. The number of benzene rings is 1. The molecule has 0 amide bonds. The number of methoxy groups -OCH3 is 2. The zero-order valence-corrected chi connectivity index (χ0v) is 17.4. The van der Waals surface area contributed by atoms with Crippen LogP contribution in [0.2, 0.25) is 0 Å². The van der Waals surface area contributed by atoms with Gasteiger partial charge < -0.3 is 24.3 Å². The minimum absolute atomic E-state index is 0.117. The van der Waals surface area contributed by atoms with E-state index in [0.717, 1.165) is 48.1 Å². The number of allylic oxidation sites excluding steroid dienone is 1. The molecular weight excluding hydrogens is 376 g/mol. The van der Waals surface area contributed by atoms with Crippen LogP contribution in [0, 0.1) is 4.77 Å². The van der Waals surface area contributed by atoms with E-state index in [1.54, 1.807) is 14.2 Å². The summed E-state index contributed by atoms with van der Waals surface area (Å²) in [6.45, 7) is 8.76. The summed E-state index contributed by atoms with van der Waals surface area (Å²) < 4.78 is 13.0. The van der Waals surface area contributed by atoms with Gasteiger partial charge in [-0.05, 0) is 36.8 Å². The highest BCUT2D eigenvalue weighted by molar-refractivity contribution is 7.71. The lowest BCUT2D eigenvalue weighted by molar-refractivity contribution is -0.912. The first-order valence-electron chi connectivity index (χ1n) is 9.21. The van der Waals surface area contributed by atoms with Crippen molar-refractivity contribution in [2.24, 2.45) is 0 Å². The van der Waals surface area contributed by atoms with Crippen LogP contribution in [-0.4, -0.2) is 37.0 Å². The van der Waals surface area contributed by atoms with Crippen LogP contribution in [-0.2, 0) is 19.5 Å². The molecule has 28 heavy (non-hydrogen) atoms. The molecule has 0 aliphatic carbocycles. The van der Waals surface area contributed by atoms with E-state index in [9.17, 15) is 4.79 Å². The van der Waals surface area contributed by atoms with Crippen LogP contribution in [0.15, 0.2) is 35.1 Å². The molecule has 3 N–H and O–H groups in total. The normalized spacial score (nSPS) is 15.5. The van der Waals surface area contributed by atoms with Crippen molar-refractivity contribution in [1.29, 1.82) is 0 Å². The monoisotopic (exact) mass is 403 g/mol. The maximum absolute atomic E-state index is 12.5. The SMILES string of the molecule is C=C(C)Cn1c2c(c(=O)[nH]c1=S)C[NH+](CCc1ccc(OC)c(OC)c1)CN2. The smallest absolute Gasteiger partial charge is 0.262 e. The molecule has 7 nitrogen and oxygen atoms in total. The summed E-state index contributed by atoms with van der Waals surface area (Å²) in [5, 5.41) is 3.40. The van der Waals surface area contributed by atoms with Crippen molar-refractivity contribution in [3.05, 3.63) is 56.6 Å². The number of ether oxygens (including phenoxy) is 2. The molecule has 8 heteroatoms. The summed E-state index contributed by atoms with van der Waals surface area (Å²) in [4.78, 5) is 16.5. The third-order valence-corrected chi connectivity index (χ3v) is 5.19. The van der Waals surface area contributed by atoms with Crippen molar-refractivity contribution < 1.29 is 14.4 Å². The van der Waals surface area contributed by atoms with Gasteiger partial charge in [-0.1, -0.05) is 18.2 Å².